The summed E-state index contributed by atoms with van der Waals surface area (Å²) < 4.78 is 28.1. The van der Waals surface area contributed by atoms with E-state index in [0.29, 0.717) is 29.4 Å². The summed E-state index contributed by atoms with van der Waals surface area (Å²) in [5.41, 5.74) is 6.76. The summed E-state index contributed by atoms with van der Waals surface area (Å²) in [6.07, 6.45) is 1.82. The van der Waals surface area contributed by atoms with Crippen molar-refractivity contribution in [3.8, 4) is 5.75 Å². The molecule has 0 saturated carbocycles. The monoisotopic (exact) mass is 213 g/mol. The third-order valence-corrected chi connectivity index (χ3v) is 3.36. The zero-order chi connectivity index (χ0) is 10.3. The Morgan fingerprint density at radius 3 is 2.79 bits per heavy atom. The third kappa shape index (κ3) is 1.43. The summed E-state index contributed by atoms with van der Waals surface area (Å²) in [4.78, 5) is 0.296. The van der Waals surface area contributed by atoms with Crippen LogP contribution in [0.25, 0.3) is 0 Å². The first kappa shape index (κ1) is 9.33. The Kier molecular flexibility index (Phi) is 1.92. The molecule has 14 heavy (non-hydrogen) atoms. The van der Waals surface area contributed by atoms with E-state index in [0.717, 1.165) is 5.56 Å². The van der Waals surface area contributed by atoms with Gasteiger partial charge in [-0.3, -0.25) is 0 Å². The Labute approximate surface area is 82.6 Å². The lowest BCUT2D eigenvalue weighted by molar-refractivity contribution is 0.357. The summed E-state index contributed by atoms with van der Waals surface area (Å²) in [6.45, 7) is 0.529. The van der Waals surface area contributed by atoms with Crippen LogP contribution in [0.1, 0.15) is 5.56 Å². The van der Waals surface area contributed by atoms with Gasteiger partial charge in [0.25, 0.3) is 0 Å². The van der Waals surface area contributed by atoms with E-state index in [4.69, 9.17) is 10.5 Å². The predicted molar refractivity (Wildman–Crippen MR) is 53.2 cm³/mol. The fourth-order valence-electron chi connectivity index (χ4n) is 1.61. The minimum atomic E-state index is -3.21. The second-order valence-corrected chi connectivity index (χ2v) is 5.35. The van der Waals surface area contributed by atoms with Crippen LogP contribution >= 0.6 is 0 Å². The highest BCUT2D eigenvalue weighted by Crippen LogP contribution is 2.33. The first-order valence-corrected chi connectivity index (χ1v) is 6.13. The van der Waals surface area contributed by atoms with Gasteiger partial charge in [-0.1, -0.05) is 0 Å². The SMILES string of the molecule is CS(=O)(=O)c1cc(N)cc2c1CCO2. The molecule has 0 amide bonds. The molecule has 1 aromatic rings. The van der Waals surface area contributed by atoms with Gasteiger partial charge in [-0.05, 0) is 6.07 Å². The second kappa shape index (κ2) is 2.88. The van der Waals surface area contributed by atoms with Gasteiger partial charge in [0.2, 0.25) is 0 Å². The predicted octanol–water partition coefficient (Wildman–Crippen LogP) is 0.607. The molecule has 4 nitrogen and oxygen atoms in total. The summed E-state index contributed by atoms with van der Waals surface area (Å²) in [7, 11) is -3.21. The van der Waals surface area contributed by atoms with Gasteiger partial charge in [-0.25, -0.2) is 8.42 Å². The van der Waals surface area contributed by atoms with E-state index in [9.17, 15) is 8.42 Å². The van der Waals surface area contributed by atoms with Gasteiger partial charge < -0.3 is 10.5 Å². The smallest absolute Gasteiger partial charge is 0.176 e. The van der Waals surface area contributed by atoms with Crippen LogP contribution in [0.2, 0.25) is 0 Å². The highest BCUT2D eigenvalue weighted by Gasteiger charge is 2.22. The molecule has 1 aliphatic rings. The molecule has 0 aromatic heterocycles. The van der Waals surface area contributed by atoms with Gasteiger partial charge in [0.15, 0.2) is 9.84 Å². The van der Waals surface area contributed by atoms with Crippen LogP contribution in [0.15, 0.2) is 17.0 Å². The summed E-state index contributed by atoms with van der Waals surface area (Å²) >= 11 is 0. The van der Waals surface area contributed by atoms with Crippen molar-refractivity contribution < 1.29 is 13.2 Å². The van der Waals surface area contributed by atoms with E-state index in [2.05, 4.69) is 0 Å². The summed E-state index contributed by atoms with van der Waals surface area (Å²) in [5.74, 6) is 0.602. The van der Waals surface area contributed by atoms with Crippen molar-refractivity contribution in [2.45, 2.75) is 11.3 Å². The van der Waals surface area contributed by atoms with Crippen LogP contribution in [0.4, 0.5) is 5.69 Å². The van der Waals surface area contributed by atoms with E-state index in [1.165, 1.54) is 12.3 Å². The Hall–Kier alpha value is -1.23. The topological polar surface area (TPSA) is 69.4 Å². The number of nitrogen functional groups attached to an aromatic ring is 1. The molecule has 2 rings (SSSR count). The quantitative estimate of drug-likeness (QED) is 0.694. The number of rotatable bonds is 1. The molecule has 1 aliphatic heterocycles. The van der Waals surface area contributed by atoms with Crippen LogP contribution in [0.5, 0.6) is 5.75 Å². The molecule has 0 saturated heterocycles. The van der Waals surface area contributed by atoms with Crippen LogP contribution in [-0.2, 0) is 16.3 Å². The molecule has 0 bridgehead atoms. The Morgan fingerprint density at radius 1 is 1.43 bits per heavy atom. The molecule has 0 unspecified atom stereocenters. The number of nitrogens with two attached hydrogens (primary N) is 1. The van der Waals surface area contributed by atoms with Gasteiger partial charge in [-0.15, -0.1) is 0 Å². The Morgan fingerprint density at radius 2 is 2.14 bits per heavy atom. The standard InChI is InChI=1S/C9H11NO3S/c1-14(11,12)9-5-6(10)4-8-7(9)2-3-13-8/h4-5H,2-3,10H2,1H3. The van der Waals surface area contributed by atoms with Crippen molar-refractivity contribution in [1.82, 2.24) is 0 Å². The van der Waals surface area contributed by atoms with E-state index < -0.39 is 9.84 Å². The molecule has 0 radical (unpaired) electrons. The lowest BCUT2D eigenvalue weighted by atomic mass is 10.1. The molecular weight excluding hydrogens is 202 g/mol. The molecule has 5 heteroatoms. The van der Waals surface area contributed by atoms with Gasteiger partial charge in [-0.2, -0.15) is 0 Å². The normalized spacial score (nSPS) is 14.9. The van der Waals surface area contributed by atoms with Crippen molar-refractivity contribution in [3.05, 3.63) is 17.7 Å². The fraction of sp³-hybridized carbons (Fsp3) is 0.333. The summed E-state index contributed by atoms with van der Waals surface area (Å²) in [5, 5.41) is 0. The average molecular weight is 213 g/mol. The number of benzene rings is 1. The lowest BCUT2D eigenvalue weighted by Gasteiger charge is -2.06. The zero-order valence-corrected chi connectivity index (χ0v) is 8.60. The highest BCUT2D eigenvalue weighted by atomic mass is 32.2. The first-order chi connectivity index (χ1) is 6.48. The van der Waals surface area contributed by atoms with E-state index in [1.807, 2.05) is 0 Å². The highest BCUT2D eigenvalue weighted by molar-refractivity contribution is 7.90. The van der Waals surface area contributed by atoms with Crippen molar-refractivity contribution >= 4 is 15.5 Å². The lowest BCUT2D eigenvalue weighted by Crippen LogP contribution is -2.02. The molecule has 1 aromatic carbocycles. The average Bonchev–Trinajstić information content (AvgIpc) is 2.47. The first-order valence-electron chi connectivity index (χ1n) is 4.24. The molecule has 0 fully saturated rings. The van der Waals surface area contributed by atoms with Gasteiger partial charge >= 0.3 is 0 Å². The Balaban J connectivity index is 2.72. The third-order valence-electron chi connectivity index (χ3n) is 2.20. The van der Waals surface area contributed by atoms with Crippen LogP contribution in [0, 0.1) is 0 Å². The zero-order valence-electron chi connectivity index (χ0n) is 7.78. The maximum atomic E-state index is 11.4. The van der Waals surface area contributed by atoms with Gasteiger partial charge in [0.1, 0.15) is 5.75 Å². The second-order valence-electron chi connectivity index (χ2n) is 3.37. The van der Waals surface area contributed by atoms with Crippen molar-refractivity contribution in [1.29, 1.82) is 0 Å². The van der Waals surface area contributed by atoms with Crippen molar-refractivity contribution in [3.63, 3.8) is 0 Å². The van der Waals surface area contributed by atoms with E-state index in [1.54, 1.807) is 6.07 Å². The maximum absolute atomic E-state index is 11.4. The fourth-order valence-corrected chi connectivity index (χ4v) is 2.61. The molecule has 2 N–H and O–H groups in total. The van der Waals surface area contributed by atoms with Crippen LogP contribution < -0.4 is 10.5 Å². The minimum Gasteiger partial charge on any atom is -0.493 e. The van der Waals surface area contributed by atoms with Gasteiger partial charge in [0, 0.05) is 30.0 Å². The molecular formula is C9H11NO3S. The minimum absolute atomic E-state index is 0.296. The van der Waals surface area contributed by atoms with E-state index >= 15 is 0 Å². The summed E-state index contributed by atoms with van der Waals surface area (Å²) in [6, 6.07) is 3.15. The van der Waals surface area contributed by atoms with Crippen LogP contribution in [0.3, 0.4) is 0 Å². The maximum Gasteiger partial charge on any atom is 0.176 e. The van der Waals surface area contributed by atoms with Crippen molar-refractivity contribution in [2.75, 3.05) is 18.6 Å². The number of fused-ring (bicyclic) bond motifs is 1. The molecule has 0 atom stereocenters. The number of sulfone groups is 1. The molecule has 0 spiro atoms. The van der Waals surface area contributed by atoms with Crippen molar-refractivity contribution in [2.24, 2.45) is 0 Å². The number of anilines is 1. The number of hydrogen-bond acceptors (Lipinski definition) is 4. The molecule has 0 aliphatic carbocycles. The van der Waals surface area contributed by atoms with Crippen LogP contribution in [-0.4, -0.2) is 21.3 Å². The largest absolute Gasteiger partial charge is 0.493 e. The molecule has 76 valence electrons. The van der Waals surface area contributed by atoms with E-state index in [-0.39, 0.29) is 0 Å². The Bertz CT molecular complexity index is 479. The molecule has 1 heterocycles. The van der Waals surface area contributed by atoms with Gasteiger partial charge in [0.05, 0.1) is 11.5 Å². The number of ether oxygens (including phenoxy) is 1. The number of hydrogen-bond donors (Lipinski definition) is 1.